The van der Waals surface area contributed by atoms with Crippen LogP contribution in [0.2, 0.25) is 0 Å². The highest BCUT2D eigenvalue weighted by Crippen LogP contribution is 2.27. The first-order valence-corrected chi connectivity index (χ1v) is 10.4. The fourth-order valence-corrected chi connectivity index (χ4v) is 3.39. The van der Waals surface area contributed by atoms with Crippen molar-refractivity contribution >= 4 is 11.9 Å². The lowest BCUT2D eigenvalue weighted by Gasteiger charge is -2.19. The van der Waals surface area contributed by atoms with Crippen LogP contribution in [-0.4, -0.2) is 42.4 Å². The van der Waals surface area contributed by atoms with Crippen LogP contribution in [0.1, 0.15) is 32.3 Å². The number of aliphatic imine (C=N–C) groups is 1. The number of guanidine groups is 1. The van der Waals surface area contributed by atoms with E-state index in [-0.39, 0.29) is 17.7 Å². The molecule has 7 heteroatoms. The summed E-state index contributed by atoms with van der Waals surface area (Å²) in [7, 11) is 0. The van der Waals surface area contributed by atoms with Gasteiger partial charge in [-0.2, -0.15) is 0 Å². The summed E-state index contributed by atoms with van der Waals surface area (Å²) < 4.78 is 19.8. The molecule has 1 saturated heterocycles. The van der Waals surface area contributed by atoms with E-state index >= 15 is 0 Å². The predicted octanol–water partition coefficient (Wildman–Crippen LogP) is 3.68. The lowest BCUT2D eigenvalue weighted by molar-refractivity contribution is -0.129. The van der Waals surface area contributed by atoms with Crippen LogP contribution in [0, 0.1) is 5.82 Å². The number of amides is 1. The Morgan fingerprint density at radius 3 is 2.63 bits per heavy atom. The third-order valence-electron chi connectivity index (χ3n) is 4.97. The van der Waals surface area contributed by atoms with Gasteiger partial charge in [0, 0.05) is 37.7 Å². The molecule has 1 heterocycles. The van der Waals surface area contributed by atoms with Gasteiger partial charge in [-0.3, -0.25) is 4.79 Å². The highest BCUT2D eigenvalue weighted by atomic mass is 19.1. The molecule has 0 bridgehead atoms. The normalized spacial score (nSPS) is 16.4. The average molecular weight is 413 g/mol. The van der Waals surface area contributed by atoms with Gasteiger partial charge in [-0.1, -0.05) is 37.3 Å². The number of hydrogen-bond acceptors (Lipinski definition) is 3. The summed E-state index contributed by atoms with van der Waals surface area (Å²) in [5.41, 5.74) is 0.854. The quantitative estimate of drug-likeness (QED) is 0.538. The molecule has 3 rings (SSSR count). The van der Waals surface area contributed by atoms with Gasteiger partial charge >= 0.3 is 0 Å². The zero-order chi connectivity index (χ0) is 21.3. The summed E-state index contributed by atoms with van der Waals surface area (Å²) in [6.45, 7) is 6.45. The van der Waals surface area contributed by atoms with Crippen LogP contribution >= 0.6 is 0 Å². The maximum absolute atomic E-state index is 14.0. The molecule has 1 amide bonds. The van der Waals surface area contributed by atoms with Crippen molar-refractivity contribution in [2.45, 2.75) is 39.3 Å². The minimum atomic E-state index is -0.404. The van der Waals surface area contributed by atoms with E-state index in [1.807, 2.05) is 43.0 Å². The molecule has 30 heavy (non-hydrogen) atoms. The highest BCUT2D eigenvalue weighted by molar-refractivity contribution is 5.80. The molecule has 2 N–H and O–H groups in total. The molecular formula is C23H29FN4O2. The molecule has 2 aromatic rings. The first kappa shape index (κ1) is 21.6. The van der Waals surface area contributed by atoms with Crippen LogP contribution in [0.5, 0.6) is 11.5 Å². The largest absolute Gasteiger partial charge is 0.454 e. The summed E-state index contributed by atoms with van der Waals surface area (Å²) in [6, 6.07) is 14.0. The second-order valence-corrected chi connectivity index (χ2v) is 7.16. The molecule has 0 radical (unpaired) electrons. The summed E-state index contributed by atoms with van der Waals surface area (Å²) in [5.74, 6) is 1.22. The molecule has 2 aromatic carbocycles. The van der Waals surface area contributed by atoms with Crippen molar-refractivity contribution in [2.75, 3.05) is 19.6 Å². The highest BCUT2D eigenvalue weighted by Gasteiger charge is 2.25. The van der Waals surface area contributed by atoms with Crippen molar-refractivity contribution in [1.29, 1.82) is 0 Å². The fourth-order valence-electron chi connectivity index (χ4n) is 3.39. The zero-order valence-corrected chi connectivity index (χ0v) is 17.5. The minimum Gasteiger partial charge on any atom is -0.454 e. The number of hydrogen-bond donors (Lipinski definition) is 2. The summed E-state index contributed by atoms with van der Waals surface area (Å²) in [6.07, 6.45) is 1.42. The van der Waals surface area contributed by atoms with Gasteiger partial charge in [0.1, 0.15) is 5.75 Å². The maximum atomic E-state index is 14.0. The Bertz CT molecular complexity index is 887. The smallest absolute Gasteiger partial charge is 0.222 e. The number of benzene rings is 2. The third-order valence-corrected chi connectivity index (χ3v) is 4.97. The van der Waals surface area contributed by atoms with E-state index in [0.29, 0.717) is 31.2 Å². The number of likely N-dealkylation sites (tertiary alicyclic amines) is 1. The van der Waals surface area contributed by atoms with Crippen LogP contribution in [-0.2, 0) is 11.3 Å². The van der Waals surface area contributed by atoms with Crippen molar-refractivity contribution in [2.24, 2.45) is 4.99 Å². The van der Waals surface area contributed by atoms with Crippen LogP contribution < -0.4 is 15.4 Å². The SMILES string of the molecule is CCNC(=NCc1ccccc1Oc1ccccc1F)NC1CCN(C(=O)CC)C1. The second kappa shape index (κ2) is 10.6. The molecule has 0 spiro atoms. The minimum absolute atomic E-state index is 0.170. The van der Waals surface area contributed by atoms with E-state index in [1.165, 1.54) is 6.07 Å². The summed E-state index contributed by atoms with van der Waals surface area (Å²) >= 11 is 0. The molecule has 0 aliphatic carbocycles. The zero-order valence-electron chi connectivity index (χ0n) is 17.5. The fraction of sp³-hybridized carbons (Fsp3) is 0.391. The van der Waals surface area contributed by atoms with E-state index in [9.17, 15) is 9.18 Å². The lowest BCUT2D eigenvalue weighted by atomic mass is 10.2. The van der Waals surface area contributed by atoms with E-state index in [4.69, 9.17) is 4.74 Å². The Labute approximate surface area is 177 Å². The monoisotopic (exact) mass is 412 g/mol. The number of nitrogens with one attached hydrogen (secondary N) is 2. The van der Waals surface area contributed by atoms with Gasteiger partial charge in [-0.15, -0.1) is 0 Å². The first-order valence-electron chi connectivity index (χ1n) is 10.4. The molecule has 0 saturated carbocycles. The van der Waals surface area contributed by atoms with Gasteiger partial charge in [-0.25, -0.2) is 9.38 Å². The van der Waals surface area contributed by atoms with E-state index in [1.54, 1.807) is 18.2 Å². The van der Waals surface area contributed by atoms with Gasteiger partial charge in [0.25, 0.3) is 0 Å². The first-order chi connectivity index (χ1) is 14.6. The molecule has 1 aliphatic rings. The summed E-state index contributed by atoms with van der Waals surface area (Å²) in [4.78, 5) is 18.5. The topological polar surface area (TPSA) is 66.0 Å². The molecule has 6 nitrogen and oxygen atoms in total. The molecule has 160 valence electrons. The average Bonchev–Trinajstić information content (AvgIpc) is 3.22. The Morgan fingerprint density at radius 1 is 1.17 bits per heavy atom. The van der Waals surface area contributed by atoms with Crippen molar-refractivity contribution in [3.63, 3.8) is 0 Å². The van der Waals surface area contributed by atoms with Crippen LogP contribution in [0.3, 0.4) is 0 Å². The van der Waals surface area contributed by atoms with E-state index in [0.717, 1.165) is 25.1 Å². The number of ether oxygens (including phenoxy) is 1. The number of carbonyl (C=O) groups is 1. The van der Waals surface area contributed by atoms with Crippen LogP contribution in [0.4, 0.5) is 4.39 Å². The Morgan fingerprint density at radius 2 is 1.90 bits per heavy atom. The second-order valence-electron chi connectivity index (χ2n) is 7.16. The number of rotatable bonds is 7. The molecule has 1 fully saturated rings. The summed E-state index contributed by atoms with van der Waals surface area (Å²) in [5, 5.41) is 6.67. The van der Waals surface area contributed by atoms with Gasteiger partial charge in [0.15, 0.2) is 17.5 Å². The standard InChI is InChI=1S/C23H29FN4O2/c1-3-22(29)28-14-13-18(16-28)27-23(25-4-2)26-15-17-9-5-7-11-20(17)30-21-12-8-6-10-19(21)24/h5-12,18H,3-4,13-16H2,1-2H3,(H2,25,26,27). The Balaban J connectivity index is 1.68. The Kier molecular flexibility index (Phi) is 7.65. The van der Waals surface area contributed by atoms with Gasteiger partial charge in [0.2, 0.25) is 5.91 Å². The molecule has 1 aliphatic heterocycles. The van der Waals surface area contributed by atoms with Crippen molar-refractivity contribution in [1.82, 2.24) is 15.5 Å². The number of halogens is 1. The molecular weight excluding hydrogens is 383 g/mol. The third kappa shape index (κ3) is 5.72. The van der Waals surface area contributed by atoms with E-state index < -0.39 is 5.82 Å². The van der Waals surface area contributed by atoms with Crippen LogP contribution in [0.15, 0.2) is 53.5 Å². The number of carbonyl (C=O) groups excluding carboxylic acids is 1. The van der Waals surface area contributed by atoms with Gasteiger partial charge < -0.3 is 20.3 Å². The maximum Gasteiger partial charge on any atom is 0.222 e. The van der Waals surface area contributed by atoms with Gasteiger partial charge in [-0.05, 0) is 31.5 Å². The van der Waals surface area contributed by atoms with Crippen molar-refractivity contribution in [3.8, 4) is 11.5 Å². The predicted molar refractivity (Wildman–Crippen MR) is 116 cm³/mol. The van der Waals surface area contributed by atoms with E-state index in [2.05, 4.69) is 15.6 Å². The lowest BCUT2D eigenvalue weighted by Crippen LogP contribution is -2.45. The number of nitrogens with zero attached hydrogens (tertiary/aromatic N) is 2. The van der Waals surface area contributed by atoms with Crippen LogP contribution in [0.25, 0.3) is 0 Å². The molecule has 1 unspecified atom stereocenters. The van der Waals surface area contributed by atoms with Crippen molar-refractivity contribution in [3.05, 3.63) is 59.9 Å². The van der Waals surface area contributed by atoms with Gasteiger partial charge in [0.05, 0.1) is 6.54 Å². The number of para-hydroxylation sites is 2. The van der Waals surface area contributed by atoms with Crippen molar-refractivity contribution < 1.29 is 13.9 Å². The molecule has 1 atom stereocenters. The Hall–Kier alpha value is -3.09. The molecule has 0 aromatic heterocycles.